The quantitative estimate of drug-likeness (QED) is 0.682. The Kier molecular flexibility index (Phi) is 2.88. The largest absolute Gasteiger partial charge is 0.389 e. The third kappa shape index (κ3) is 1.71. The molecule has 2 aliphatic carbocycles. The van der Waals surface area contributed by atoms with Crippen LogP contribution in [-0.4, -0.2) is 10.7 Å². The van der Waals surface area contributed by atoms with Crippen LogP contribution in [0.25, 0.3) is 0 Å². The summed E-state index contributed by atoms with van der Waals surface area (Å²) >= 11 is 0. The van der Waals surface area contributed by atoms with Gasteiger partial charge in [-0.25, -0.2) is 0 Å². The lowest BCUT2D eigenvalue weighted by atomic mass is 9.70. The fourth-order valence-electron chi connectivity index (χ4n) is 3.55. The summed E-state index contributed by atoms with van der Waals surface area (Å²) in [5.41, 5.74) is -0.292. The summed E-state index contributed by atoms with van der Waals surface area (Å²) in [4.78, 5) is 0. The Bertz CT molecular complexity index is 193. The van der Waals surface area contributed by atoms with Gasteiger partial charge in [0.25, 0.3) is 0 Å². The Hall–Kier alpha value is -0.0400. The maximum atomic E-state index is 10.7. The molecule has 0 saturated heterocycles. The number of hydrogen-bond donors (Lipinski definition) is 1. The Balaban J connectivity index is 2.00. The summed E-state index contributed by atoms with van der Waals surface area (Å²) in [5.74, 6) is 2.05. The van der Waals surface area contributed by atoms with Gasteiger partial charge < -0.3 is 5.11 Å². The average molecular weight is 196 g/mol. The first-order valence-corrected chi connectivity index (χ1v) is 6.35. The summed E-state index contributed by atoms with van der Waals surface area (Å²) in [6.45, 7) is 4.59. The second-order valence-electron chi connectivity index (χ2n) is 5.74. The average Bonchev–Trinajstić information content (AvgIpc) is 2.49. The molecule has 0 radical (unpaired) electrons. The monoisotopic (exact) mass is 196 g/mol. The van der Waals surface area contributed by atoms with Crippen molar-refractivity contribution in [2.45, 2.75) is 64.4 Å². The van der Waals surface area contributed by atoms with Gasteiger partial charge in [-0.05, 0) is 43.4 Å². The van der Waals surface area contributed by atoms with Crippen molar-refractivity contribution in [2.75, 3.05) is 0 Å². The van der Waals surface area contributed by atoms with Crippen LogP contribution in [0.15, 0.2) is 0 Å². The first-order chi connectivity index (χ1) is 6.63. The molecule has 0 bridgehead atoms. The van der Waals surface area contributed by atoms with Gasteiger partial charge in [0, 0.05) is 0 Å². The van der Waals surface area contributed by atoms with E-state index in [9.17, 15) is 5.11 Å². The first kappa shape index (κ1) is 10.5. The van der Waals surface area contributed by atoms with E-state index < -0.39 is 0 Å². The topological polar surface area (TPSA) is 20.2 Å². The molecule has 0 aromatic carbocycles. The normalized spacial score (nSPS) is 49.5. The minimum absolute atomic E-state index is 0.292. The van der Waals surface area contributed by atoms with E-state index in [0.29, 0.717) is 11.8 Å². The van der Waals surface area contributed by atoms with E-state index in [0.717, 1.165) is 12.3 Å². The van der Waals surface area contributed by atoms with E-state index in [2.05, 4.69) is 13.8 Å². The summed E-state index contributed by atoms with van der Waals surface area (Å²) in [6.07, 6.45) is 8.74. The zero-order chi connectivity index (χ0) is 10.2. The highest BCUT2D eigenvalue weighted by Crippen LogP contribution is 2.46. The highest BCUT2D eigenvalue weighted by molar-refractivity contribution is 4.96. The molecule has 2 rings (SSSR count). The number of hydrogen-bond acceptors (Lipinski definition) is 1. The van der Waals surface area contributed by atoms with Gasteiger partial charge in [0.1, 0.15) is 0 Å². The molecule has 0 spiro atoms. The van der Waals surface area contributed by atoms with Crippen LogP contribution in [0, 0.1) is 17.8 Å². The molecule has 0 aromatic heterocycles. The van der Waals surface area contributed by atoms with Crippen molar-refractivity contribution in [2.24, 2.45) is 17.8 Å². The summed E-state index contributed by atoms with van der Waals surface area (Å²) in [6, 6.07) is 0. The predicted octanol–water partition coefficient (Wildman–Crippen LogP) is 3.36. The van der Waals surface area contributed by atoms with Crippen LogP contribution in [-0.2, 0) is 0 Å². The Morgan fingerprint density at radius 2 is 1.64 bits per heavy atom. The van der Waals surface area contributed by atoms with Crippen molar-refractivity contribution < 1.29 is 5.11 Å². The zero-order valence-electron chi connectivity index (χ0n) is 9.63. The summed E-state index contributed by atoms with van der Waals surface area (Å²) in [5, 5.41) is 10.7. The van der Waals surface area contributed by atoms with Crippen LogP contribution in [0.3, 0.4) is 0 Å². The lowest BCUT2D eigenvalue weighted by molar-refractivity contribution is -0.0623. The van der Waals surface area contributed by atoms with Crippen molar-refractivity contribution in [3.8, 4) is 0 Å². The second kappa shape index (κ2) is 3.84. The Morgan fingerprint density at radius 1 is 1.00 bits per heavy atom. The molecular formula is C13H24O. The predicted molar refractivity (Wildman–Crippen MR) is 59.1 cm³/mol. The van der Waals surface area contributed by atoms with Gasteiger partial charge in [-0.15, -0.1) is 0 Å². The fourth-order valence-corrected chi connectivity index (χ4v) is 3.55. The van der Waals surface area contributed by atoms with Crippen LogP contribution in [0.1, 0.15) is 58.8 Å². The molecule has 0 aromatic rings. The molecule has 82 valence electrons. The maximum absolute atomic E-state index is 10.7. The van der Waals surface area contributed by atoms with Gasteiger partial charge in [0.05, 0.1) is 5.60 Å². The number of aliphatic hydroxyl groups is 1. The molecule has 2 fully saturated rings. The standard InChI is InChI=1S/C13H24O/c1-10-5-7-12(8-6-10)13(14)9-3-4-11(13)2/h10-12,14H,3-9H2,1-2H3. The Morgan fingerprint density at radius 3 is 2.14 bits per heavy atom. The van der Waals surface area contributed by atoms with Crippen LogP contribution in [0.4, 0.5) is 0 Å². The van der Waals surface area contributed by atoms with Crippen LogP contribution in [0.5, 0.6) is 0 Å². The minimum Gasteiger partial charge on any atom is -0.389 e. The molecule has 2 unspecified atom stereocenters. The van der Waals surface area contributed by atoms with Gasteiger partial charge in [-0.1, -0.05) is 33.1 Å². The number of rotatable bonds is 1. The van der Waals surface area contributed by atoms with Gasteiger partial charge in [-0.2, -0.15) is 0 Å². The van der Waals surface area contributed by atoms with E-state index in [1.54, 1.807) is 0 Å². The van der Waals surface area contributed by atoms with Crippen molar-refractivity contribution in [3.63, 3.8) is 0 Å². The smallest absolute Gasteiger partial charge is 0.0701 e. The van der Waals surface area contributed by atoms with E-state index in [4.69, 9.17) is 0 Å². The maximum Gasteiger partial charge on any atom is 0.0701 e. The van der Waals surface area contributed by atoms with Gasteiger partial charge in [0.15, 0.2) is 0 Å². The van der Waals surface area contributed by atoms with Crippen molar-refractivity contribution in [1.82, 2.24) is 0 Å². The highest BCUT2D eigenvalue weighted by Gasteiger charge is 2.45. The van der Waals surface area contributed by atoms with Crippen LogP contribution < -0.4 is 0 Å². The minimum atomic E-state index is -0.292. The van der Waals surface area contributed by atoms with Crippen LogP contribution >= 0.6 is 0 Å². The molecule has 0 amide bonds. The third-order valence-corrected chi connectivity index (χ3v) is 4.79. The van der Waals surface area contributed by atoms with Gasteiger partial charge >= 0.3 is 0 Å². The molecule has 1 nitrogen and oxygen atoms in total. The van der Waals surface area contributed by atoms with E-state index >= 15 is 0 Å². The zero-order valence-corrected chi connectivity index (χ0v) is 9.63. The molecule has 0 heterocycles. The van der Waals surface area contributed by atoms with Crippen molar-refractivity contribution in [3.05, 3.63) is 0 Å². The van der Waals surface area contributed by atoms with Gasteiger partial charge in [0.2, 0.25) is 0 Å². The second-order valence-corrected chi connectivity index (χ2v) is 5.74. The first-order valence-electron chi connectivity index (χ1n) is 6.35. The molecule has 2 saturated carbocycles. The molecule has 1 N–H and O–H groups in total. The lowest BCUT2D eigenvalue weighted by Gasteiger charge is -2.40. The van der Waals surface area contributed by atoms with Crippen molar-refractivity contribution >= 4 is 0 Å². The highest BCUT2D eigenvalue weighted by atomic mass is 16.3. The molecule has 0 aliphatic heterocycles. The molecule has 2 atom stereocenters. The van der Waals surface area contributed by atoms with E-state index in [-0.39, 0.29) is 5.60 Å². The lowest BCUT2D eigenvalue weighted by Crippen LogP contribution is -2.42. The molecule has 1 heteroatoms. The summed E-state index contributed by atoms with van der Waals surface area (Å²) < 4.78 is 0. The molecular weight excluding hydrogens is 172 g/mol. The SMILES string of the molecule is CC1CCC(C2(O)CCCC2C)CC1. The molecule has 14 heavy (non-hydrogen) atoms. The fraction of sp³-hybridized carbons (Fsp3) is 1.00. The Labute approximate surface area is 87.9 Å². The van der Waals surface area contributed by atoms with E-state index in [1.807, 2.05) is 0 Å². The van der Waals surface area contributed by atoms with Gasteiger partial charge in [-0.3, -0.25) is 0 Å². The van der Waals surface area contributed by atoms with Crippen molar-refractivity contribution in [1.29, 1.82) is 0 Å². The molecule has 2 aliphatic rings. The summed E-state index contributed by atoms with van der Waals surface area (Å²) in [7, 11) is 0. The third-order valence-electron chi connectivity index (χ3n) is 4.79. The van der Waals surface area contributed by atoms with E-state index in [1.165, 1.54) is 38.5 Å². The van der Waals surface area contributed by atoms with Crippen LogP contribution in [0.2, 0.25) is 0 Å².